The van der Waals surface area contributed by atoms with Gasteiger partial charge in [-0.25, -0.2) is 9.78 Å². The maximum Gasteiger partial charge on any atom is 0.362 e. The van der Waals surface area contributed by atoms with Gasteiger partial charge in [0.1, 0.15) is 0 Å². The molecule has 1 aromatic carbocycles. The summed E-state index contributed by atoms with van der Waals surface area (Å²) < 4.78 is 6.34. The van der Waals surface area contributed by atoms with Gasteiger partial charge in [-0.2, -0.15) is 0 Å². The fourth-order valence-electron chi connectivity index (χ4n) is 1.42. The fraction of sp³-hybridized carbons (Fsp3) is 0.182. The van der Waals surface area contributed by atoms with E-state index in [9.17, 15) is 9.59 Å². The Morgan fingerprint density at radius 2 is 2.06 bits per heavy atom. The van der Waals surface area contributed by atoms with E-state index in [1.165, 1.54) is 0 Å². The van der Waals surface area contributed by atoms with E-state index in [1.54, 1.807) is 19.1 Å². The lowest BCUT2D eigenvalue weighted by atomic mass is 10.3. The van der Waals surface area contributed by atoms with Crippen molar-refractivity contribution in [1.82, 2.24) is 9.97 Å². The number of carbonyl (C=O) groups is 1. The van der Waals surface area contributed by atoms with E-state index in [-0.39, 0.29) is 12.3 Å². The largest absolute Gasteiger partial charge is 0.461 e. The summed E-state index contributed by atoms with van der Waals surface area (Å²) in [5.41, 5.74) is 0.254. The van der Waals surface area contributed by atoms with Gasteiger partial charge in [0.2, 0.25) is 5.69 Å². The number of aromatic amines is 1. The van der Waals surface area contributed by atoms with E-state index >= 15 is 0 Å². The lowest BCUT2D eigenvalue weighted by molar-refractivity contribution is 0.0517. The van der Waals surface area contributed by atoms with Gasteiger partial charge in [0.15, 0.2) is 0 Å². The standard InChI is InChI=1S/C11H8Br2N2O3/c1-2-18-11(17)9-10(16)15-8-4-6(13)5(12)3-7(8)14-9/h3-4H,2H2,1H3,(H,15,16). The van der Waals surface area contributed by atoms with Crippen molar-refractivity contribution in [1.29, 1.82) is 0 Å². The van der Waals surface area contributed by atoms with Gasteiger partial charge >= 0.3 is 5.97 Å². The number of hydrogen-bond acceptors (Lipinski definition) is 4. The first-order valence-electron chi connectivity index (χ1n) is 5.09. The topological polar surface area (TPSA) is 72.0 Å². The minimum Gasteiger partial charge on any atom is -0.461 e. The van der Waals surface area contributed by atoms with Gasteiger partial charge in [0.25, 0.3) is 5.56 Å². The number of aromatic nitrogens is 2. The average Bonchev–Trinajstić information content (AvgIpc) is 2.31. The Labute approximate surface area is 119 Å². The summed E-state index contributed by atoms with van der Waals surface area (Å²) in [7, 11) is 0. The number of nitrogens with one attached hydrogen (secondary N) is 1. The first kappa shape index (κ1) is 13.2. The van der Waals surface area contributed by atoms with E-state index < -0.39 is 11.5 Å². The molecule has 0 radical (unpaired) electrons. The zero-order valence-electron chi connectivity index (χ0n) is 9.29. The highest BCUT2D eigenvalue weighted by atomic mass is 79.9. The van der Waals surface area contributed by atoms with Crippen LogP contribution < -0.4 is 5.56 Å². The fourth-order valence-corrected chi connectivity index (χ4v) is 2.09. The van der Waals surface area contributed by atoms with Crippen molar-refractivity contribution in [3.63, 3.8) is 0 Å². The van der Waals surface area contributed by atoms with Crippen LogP contribution in [0.2, 0.25) is 0 Å². The van der Waals surface area contributed by atoms with Gasteiger partial charge in [-0.3, -0.25) is 4.79 Å². The van der Waals surface area contributed by atoms with E-state index in [0.29, 0.717) is 11.0 Å². The third-order valence-corrected chi connectivity index (χ3v) is 4.05. The monoisotopic (exact) mass is 374 g/mol. The molecular formula is C11H8Br2N2O3. The maximum absolute atomic E-state index is 11.7. The summed E-state index contributed by atoms with van der Waals surface area (Å²) in [6.07, 6.45) is 0. The van der Waals surface area contributed by atoms with Crippen LogP contribution in [-0.2, 0) is 4.74 Å². The Hall–Kier alpha value is -1.21. The highest BCUT2D eigenvalue weighted by Gasteiger charge is 2.15. The van der Waals surface area contributed by atoms with Crippen molar-refractivity contribution in [2.24, 2.45) is 0 Å². The van der Waals surface area contributed by atoms with Crippen LogP contribution in [0, 0.1) is 0 Å². The van der Waals surface area contributed by atoms with Crippen molar-refractivity contribution in [3.8, 4) is 0 Å². The van der Waals surface area contributed by atoms with Gasteiger partial charge < -0.3 is 9.72 Å². The van der Waals surface area contributed by atoms with Gasteiger partial charge in [0, 0.05) is 8.95 Å². The van der Waals surface area contributed by atoms with E-state index in [0.717, 1.165) is 8.95 Å². The van der Waals surface area contributed by atoms with Crippen LogP contribution in [0.4, 0.5) is 0 Å². The molecule has 0 saturated carbocycles. The maximum atomic E-state index is 11.7. The normalized spacial score (nSPS) is 10.6. The molecule has 0 fully saturated rings. The van der Waals surface area contributed by atoms with Crippen LogP contribution in [0.15, 0.2) is 25.9 Å². The minimum atomic E-state index is -0.723. The number of nitrogens with zero attached hydrogens (tertiary/aromatic N) is 1. The van der Waals surface area contributed by atoms with Crippen molar-refractivity contribution in [3.05, 3.63) is 37.1 Å². The second-order valence-corrected chi connectivity index (χ2v) is 5.13. The number of H-pyrrole nitrogens is 1. The first-order valence-corrected chi connectivity index (χ1v) is 6.67. The lowest BCUT2D eigenvalue weighted by Gasteiger charge is -2.04. The molecular weight excluding hydrogens is 368 g/mol. The molecule has 1 N–H and O–H groups in total. The van der Waals surface area contributed by atoms with Gasteiger partial charge in [-0.05, 0) is 50.9 Å². The molecule has 0 amide bonds. The highest BCUT2D eigenvalue weighted by Crippen LogP contribution is 2.26. The Bertz CT molecular complexity index is 682. The van der Waals surface area contributed by atoms with Crippen LogP contribution >= 0.6 is 31.9 Å². The zero-order chi connectivity index (χ0) is 13.3. The van der Waals surface area contributed by atoms with Gasteiger partial charge in [-0.1, -0.05) is 0 Å². The third kappa shape index (κ3) is 2.46. The predicted octanol–water partition coefficient (Wildman–Crippen LogP) is 2.62. The van der Waals surface area contributed by atoms with Crippen LogP contribution in [0.5, 0.6) is 0 Å². The van der Waals surface area contributed by atoms with Crippen LogP contribution in [-0.4, -0.2) is 22.5 Å². The lowest BCUT2D eigenvalue weighted by Crippen LogP contribution is -2.22. The first-order chi connectivity index (χ1) is 8.52. The molecule has 0 aliphatic heterocycles. The Kier molecular flexibility index (Phi) is 3.82. The Morgan fingerprint density at radius 3 is 2.72 bits per heavy atom. The number of carbonyl (C=O) groups excluding carboxylic acids is 1. The quantitative estimate of drug-likeness (QED) is 0.819. The molecule has 1 aromatic heterocycles. The molecule has 0 saturated heterocycles. The molecule has 0 aliphatic rings. The minimum absolute atomic E-state index is 0.196. The van der Waals surface area contributed by atoms with Crippen molar-refractivity contribution in [2.75, 3.05) is 6.61 Å². The number of ether oxygens (including phenoxy) is 1. The van der Waals surface area contributed by atoms with Crippen LogP contribution in [0.1, 0.15) is 17.4 Å². The highest BCUT2D eigenvalue weighted by molar-refractivity contribution is 9.13. The van der Waals surface area contributed by atoms with Crippen molar-refractivity contribution < 1.29 is 9.53 Å². The average molecular weight is 376 g/mol. The van der Waals surface area contributed by atoms with Gasteiger partial charge in [0.05, 0.1) is 17.6 Å². The van der Waals surface area contributed by atoms with Gasteiger partial charge in [-0.15, -0.1) is 0 Å². The predicted molar refractivity (Wildman–Crippen MR) is 73.7 cm³/mol. The molecule has 2 rings (SSSR count). The molecule has 0 unspecified atom stereocenters. The van der Waals surface area contributed by atoms with Crippen molar-refractivity contribution in [2.45, 2.75) is 6.92 Å². The summed E-state index contributed by atoms with van der Waals surface area (Å²) in [4.78, 5) is 29.9. The number of benzene rings is 1. The number of hydrogen-bond donors (Lipinski definition) is 1. The smallest absolute Gasteiger partial charge is 0.362 e. The van der Waals surface area contributed by atoms with Crippen LogP contribution in [0.3, 0.4) is 0 Å². The van der Waals surface area contributed by atoms with Crippen molar-refractivity contribution >= 4 is 48.9 Å². The molecule has 18 heavy (non-hydrogen) atoms. The van der Waals surface area contributed by atoms with E-state index in [1.807, 2.05) is 0 Å². The summed E-state index contributed by atoms with van der Waals surface area (Å²) in [5.74, 6) is -0.723. The SMILES string of the molecule is CCOC(=O)c1nc2cc(Br)c(Br)cc2[nH]c1=O. The molecule has 0 spiro atoms. The number of halogens is 2. The van der Waals surface area contributed by atoms with Crippen LogP contribution in [0.25, 0.3) is 11.0 Å². The second-order valence-electron chi connectivity index (χ2n) is 3.42. The molecule has 1 heterocycles. The Morgan fingerprint density at radius 1 is 1.39 bits per heavy atom. The molecule has 2 aromatic rings. The summed E-state index contributed by atoms with van der Waals surface area (Å²) >= 11 is 6.66. The third-order valence-electron chi connectivity index (χ3n) is 2.20. The molecule has 0 bridgehead atoms. The molecule has 0 aliphatic carbocycles. The molecule has 5 nitrogen and oxygen atoms in total. The van der Waals surface area contributed by atoms with E-state index in [2.05, 4.69) is 41.8 Å². The number of fused-ring (bicyclic) bond motifs is 1. The second kappa shape index (κ2) is 5.19. The molecule has 7 heteroatoms. The number of esters is 1. The number of rotatable bonds is 2. The molecule has 94 valence electrons. The zero-order valence-corrected chi connectivity index (χ0v) is 12.5. The summed E-state index contributed by atoms with van der Waals surface area (Å²) in [6, 6.07) is 3.42. The summed E-state index contributed by atoms with van der Waals surface area (Å²) in [6.45, 7) is 1.86. The van der Waals surface area contributed by atoms with E-state index in [4.69, 9.17) is 4.74 Å². The summed E-state index contributed by atoms with van der Waals surface area (Å²) in [5, 5.41) is 0. The molecule has 0 atom stereocenters. The Balaban J connectivity index is 2.65.